The molecule has 0 aliphatic carbocycles. The molecule has 9 nitrogen and oxygen atoms in total. The Morgan fingerprint density at radius 1 is 1.17 bits per heavy atom. The van der Waals surface area contributed by atoms with Crippen LogP contribution in [0, 0.1) is 20.8 Å². The standard InChI is InChI=1S/C20H20N6O3/c1-10-9-11(2)26-17(21-10)16(12(3)24-26)18(27)23-14-7-5-6-8-15(14)25-19(28)13(4)22-20(25)29/h5-9,13H,1-4H3,(H,22,29)(H,23,27). The predicted octanol–water partition coefficient (Wildman–Crippen LogP) is 2.35. The molecule has 0 bridgehead atoms. The summed E-state index contributed by atoms with van der Waals surface area (Å²) in [6.07, 6.45) is 0. The van der Waals surface area contributed by atoms with Crippen LogP contribution in [0.3, 0.4) is 0 Å². The minimum atomic E-state index is -0.622. The number of anilines is 2. The first-order valence-electron chi connectivity index (χ1n) is 9.16. The lowest BCUT2D eigenvalue weighted by molar-refractivity contribution is -0.117. The van der Waals surface area contributed by atoms with Gasteiger partial charge in [-0.25, -0.2) is 19.2 Å². The minimum absolute atomic E-state index is 0.308. The molecule has 1 aromatic carbocycles. The Bertz CT molecular complexity index is 1180. The molecule has 0 saturated carbocycles. The van der Waals surface area contributed by atoms with Crippen LogP contribution in [0.15, 0.2) is 30.3 Å². The number of aryl methyl sites for hydroxylation is 3. The number of urea groups is 1. The number of carbonyl (C=O) groups is 3. The molecule has 9 heteroatoms. The fraction of sp³-hybridized carbons (Fsp3) is 0.250. The fourth-order valence-corrected chi connectivity index (χ4v) is 3.49. The number of aromatic nitrogens is 3. The third-order valence-electron chi connectivity index (χ3n) is 4.82. The molecule has 2 aromatic heterocycles. The lowest BCUT2D eigenvalue weighted by Crippen LogP contribution is -2.32. The molecule has 1 fully saturated rings. The highest BCUT2D eigenvalue weighted by atomic mass is 16.2. The zero-order valence-electron chi connectivity index (χ0n) is 16.5. The highest BCUT2D eigenvalue weighted by Gasteiger charge is 2.37. The van der Waals surface area contributed by atoms with Gasteiger partial charge in [0.05, 0.1) is 17.1 Å². The highest BCUT2D eigenvalue weighted by molar-refractivity contribution is 6.23. The lowest BCUT2D eigenvalue weighted by atomic mass is 10.2. The van der Waals surface area contributed by atoms with Gasteiger partial charge in [-0.1, -0.05) is 12.1 Å². The van der Waals surface area contributed by atoms with E-state index in [0.29, 0.717) is 28.3 Å². The van der Waals surface area contributed by atoms with E-state index in [9.17, 15) is 14.4 Å². The van der Waals surface area contributed by atoms with Gasteiger partial charge in [0, 0.05) is 11.4 Å². The van der Waals surface area contributed by atoms with Crippen molar-refractivity contribution in [3.8, 4) is 0 Å². The van der Waals surface area contributed by atoms with Crippen LogP contribution < -0.4 is 15.5 Å². The predicted molar refractivity (Wildman–Crippen MR) is 107 cm³/mol. The van der Waals surface area contributed by atoms with Crippen molar-refractivity contribution in [2.24, 2.45) is 0 Å². The SMILES string of the molecule is Cc1cc(C)n2nc(C)c(C(=O)Nc3ccccc3N3C(=O)NC(C)C3=O)c2n1. The van der Waals surface area contributed by atoms with E-state index in [1.165, 1.54) is 0 Å². The zero-order valence-corrected chi connectivity index (χ0v) is 16.5. The molecule has 1 atom stereocenters. The first-order chi connectivity index (χ1) is 13.8. The van der Waals surface area contributed by atoms with E-state index in [1.54, 1.807) is 42.6 Å². The number of benzene rings is 1. The molecule has 29 heavy (non-hydrogen) atoms. The van der Waals surface area contributed by atoms with Crippen LogP contribution in [-0.4, -0.2) is 38.5 Å². The molecule has 148 valence electrons. The van der Waals surface area contributed by atoms with Crippen molar-refractivity contribution in [1.29, 1.82) is 0 Å². The van der Waals surface area contributed by atoms with E-state index in [2.05, 4.69) is 20.7 Å². The highest BCUT2D eigenvalue weighted by Crippen LogP contribution is 2.29. The van der Waals surface area contributed by atoms with Gasteiger partial charge >= 0.3 is 6.03 Å². The van der Waals surface area contributed by atoms with Gasteiger partial charge in [0.1, 0.15) is 11.6 Å². The third kappa shape index (κ3) is 3.00. The molecule has 3 heterocycles. The maximum absolute atomic E-state index is 13.1. The zero-order chi connectivity index (χ0) is 20.9. The van der Waals surface area contributed by atoms with Gasteiger partial charge in [-0.2, -0.15) is 5.10 Å². The number of nitrogens with zero attached hydrogens (tertiary/aromatic N) is 4. The number of para-hydroxylation sites is 2. The average molecular weight is 392 g/mol. The minimum Gasteiger partial charge on any atom is -0.326 e. The number of rotatable bonds is 3. The summed E-state index contributed by atoms with van der Waals surface area (Å²) in [7, 11) is 0. The molecule has 1 aliphatic rings. The second-order valence-electron chi connectivity index (χ2n) is 7.05. The maximum atomic E-state index is 13.1. The maximum Gasteiger partial charge on any atom is 0.329 e. The van der Waals surface area contributed by atoms with Gasteiger partial charge in [0.15, 0.2) is 5.65 Å². The van der Waals surface area contributed by atoms with Crippen molar-refractivity contribution in [2.75, 3.05) is 10.2 Å². The molecule has 1 saturated heterocycles. The van der Waals surface area contributed by atoms with Gasteiger partial charge in [-0.05, 0) is 45.9 Å². The van der Waals surface area contributed by atoms with Crippen LogP contribution in [0.4, 0.5) is 16.2 Å². The van der Waals surface area contributed by atoms with Crippen LogP contribution in [0.2, 0.25) is 0 Å². The summed E-state index contributed by atoms with van der Waals surface area (Å²) in [5.41, 5.74) is 3.63. The second-order valence-corrected chi connectivity index (χ2v) is 7.05. The monoisotopic (exact) mass is 392 g/mol. The van der Waals surface area contributed by atoms with Gasteiger partial charge in [0.25, 0.3) is 11.8 Å². The Hall–Kier alpha value is -3.75. The van der Waals surface area contributed by atoms with Gasteiger partial charge in [-0.3, -0.25) is 9.59 Å². The van der Waals surface area contributed by atoms with E-state index in [1.807, 2.05) is 19.9 Å². The van der Waals surface area contributed by atoms with Crippen LogP contribution in [0.1, 0.15) is 34.4 Å². The topological polar surface area (TPSA) is 109 Å². The van der Waals surface area contributed by atoms with E-state index < -0.39 is 18.0 Å². The van der Waals surface area contributed by atoms with Crippen LogP contribution in [-0.2, 0) is 4.79 Å². The Balaban J connectivity index is 1.74. The Labute approximate surface area is 166 Å². The lowest BCUT2D eigenvalue weighted by Gasteiger charge is -2.17. The summed E-state index contributed by atoms with van der Waals surface area (Å²) in [6.45, 7) is 7.10. The number of hydrogen-bond acceptors (Lipinski definition) is 5. The third-order valence-corrected chi connectivity index (χ3v) is 4.82. The van der Waals surface area contributed by atoms with Crippen molar-refractivity contribution in [1.82, 2.24) is 19.9 Å². The molecule has 0 radical (unpaired) electrons. The average Bonchev–Trinajstić information content (AvgIpc) is 3.11. The van der Waals surface area contributed by atoms with Crippen LogP contribution in [0.5, 0.6) is 0 Å². The van der Waals surface area contributed by atoms with Gasteiger partial charge in [0.2, 0.25) is 0 Å². The van der Waals surface area contributed by atoms with Crippen molar-refractivity contribution in [2.45, 2.75) is 33.7 Å². The summed E-state index contributed by atoms with van der Waals surface area (Å²) in [5.74, 6) is -0.792. The molecule has 1 unspecified atom stereocenters. The van der Waals surface area contributed by atoms with Crippen molar-refractivity contribution >= 4 is 34.9 Å². The summed E-state index contributed by atoms with van der Waals surface area (Å²) in [5, 5.41) is 9.80. The number of carbonyl (C=O) groups excluding carboxylic acids is 3. The molecule has 3 aromatic rings. The first kappa shape index (κ1) is 18.6. The number of fused-ring (bicyclic) bond motifs is 1. The van der Waals surface area contributed by atoms with Crippen LogP contribution in [0.25, 0.3) is 5.65 Å². The molecular formula is C20H20N6O3. The van der Waals surface area contributed by atoms with E-state index in [4.69, 9.17) is 0 Å². The van der Waals surface area contributed by atoms with Crippen LogP contribution >= 0.6 is 0 Å². The second kappa shape index (κ2) is 6.69. The molecule has 4 amide bonds. The van der Waals surface area contributed by atoms with Crippen molar-refractivity contribution in [3.63, 3.8) is 0 Å². The number of hydrogen-bond donors (Lipinski definition) is 2. The molecular weight excluding hydrogens is 372 g/mol. The first-order valence-corrected chi connectivity index (χ1v) is 9.16. The summed E-state index contributed by atoms with van der Waals surface area (Å²) in [6, 6.07) is 7.41. The summed E-state index contributed by atoms with van der Waals surface area (Å²) in [4.78, 5) is 43.2. The quantitative estimate of drug-likeness (QED) is 0.665. The van der Waals surface area contributed by atoms with E-state index >= 15 is 0 Å². The normalized spacial score (nSPS) is 16.4. The molecule has 2 N–H and O–H groups in total. The number of imide groups is 1. The Kier molecular flexibility index (Phi) is 4.30. The van der Waals surface area contributed by atoms with Crippen molar-refractivity contribution < 1.29 is 14.4 Å². The van der Waals surface area contributed by atoms with Crippen molar-refractivity contribution in [3.05, 3.63) is 53.0 Å². The van der Waals surface area contributed by atoms with Gasteiger partial charge in [-0.15, -0.1) is 0 Å². The number of amides is 4. The van der Waals surface area contributed by atoms with E-state index in [-0.39, 0.29) is 5.91 Å². The number of nitrogens with one attached hydrogen (secondary N) is 2. The Morgan fingerprint density at radius 3 is 2.59 bits per heavy atom. The largest absolute Gasteiger partial charge is 0.329 e. The Morgan fingerprint density at radius 2 is 1.90 bits per heavy atom. The molecule has 0 spiro atoms. The van der Waals surface area contributed by atoms with E-state index in [0.717, 1.165) is 16.3 Å². The van der Waals surface area contributed by atoms with Gasteiger partial charge < -0.3 is 10.6 Å². The molecule has 1 aliphatic heterocycles. The summed E-state index contributed by atoms with van der Waals surface area (Å²) < 4.78 is 1.63. The fourth-order valence-electron chi connectivity index (χ4n) is 3.49. The smallest absolute Gasteiger partial charge is 0.326 e. The summed E-state index contributed by atoms with van der Waals surface area (Å²) >= 11 is 0. The molecule has 4 rings (SSSR count).